The Bertz CT molecular complexity index is 679. The number of nitrogens with one attached hydrogen (secondary N) is 1. The van der Waals surface area contributed by atoms with E-state index in [2.05, 4.69) is 5.32 Å². The maximum absolute atomic E-state index is 13.4. The molecule has 7 heteroatoms. The lowest BCUT2D eigenvalue weighted by molar-refractivity contribution is -0.113. The average molecular weight is 312 g/mol. The SMILES string of the molecule is Nc1cc(F)ccc1NC(=O)CSc1ccc(F)cc1F. The van der Waals surface area contributed by atoms with Crippen molar-refractivity contribution in [3.8, 4) is 0 Å². The number of rotatable bonds is 4. The third kappa shape index (κ3) is 4.16. The van der Waals surface area contributed by atoms with E-state index in [4.69, 9.17) is 5.73 Å². The topological polar surface area (TPSA) is 55.1 Å². The predicted octanol–water partition coefficient (Wildman–Crippen LogP) is 3.42. The van der Waals surface area contributed by atoms with E-state index in [1.54, 1.807) is 0 Å². The van der Waals surface area contributed by atoms with Crippen molar-refractivity contribution in [1.29, 1.82) is 0 Å². The van der Waals surface area contributed by atoms with Crippen molar-refractivity contribution in [2.45, 2.75) is 4.90 Å². The molecule has 21 heavy (non-hydrogen) atoms. The van der Waals surface area contributed by atoms with Gasteiger partial charge in [0.05, 0.1) is 17.1 Å². The lowest BCUT2D eigenvalue weighted by Gasteiger charge is -2.08. The van der Waals surface area contributed by atoms with E-state index < -0.39 is 23.4 Å². The molecule has 0 aliphatic carbocycles. The summed E-state index contributed by atoms with van der Waals surface area (Å²) < 4.78 is 39.0. The van der Waals surface area contributed by atoms with Gasteiger partial charge in [0.15, 0.2) is 0 Å². The molecule has 0 atom stereocenters. The van der Waals surface area contributed by atoms with Gasteiger partial charge in [0.1, 0.15) is 17.5 Å². The molecule has 110 valence electrons. The Labute approximate surface area is 123 Å². The van der Waals surface area contributed by atoms with Crippen LogP contribution in [0.4, 0.5) is 24.5 Å². The maximum atomic E-state index is 13.4. The van der Waals surface area contributed by atoms with Crippen molar-refractivity contribution in [2.24, 2.45) is 0 Å². The lowest BCUT2D eigenvalue weighted by Crippen LogP contribution is -2.15. The number of benzene rings is 2. The van der Waals surface area contributed by atoms with Crippen molar-refractivity contribution in [3.63, 3.8) is 0 Å². The molecule has 3 N–H and O–H groups in total. The first-order valence-corrected chi connectivity index (χ1v) is 6.87. The van der Waals surface area contributed by atoms with Crippen LogP contribution in [0.25, 0.3) is 0 Å². The number of amides is 1. The fourth-order valence-corrected chi connectivity index (χ4v) is 2.29. The quantitative estimate of drug-likeness (QED) is 0.672. The number of halogens is 3. The second-order valence-electron chi connectivity index (χ2n) is 4.14. The summed E-state index contributed by atoms with van der Waals surface area (Å²) in [6.45, 7) is 0. The smallest absolute Gasteiger partial charge is 0.234 e. The van der Waals surface area contributed by atoms with Gasteiger partial charge in [0.2, 0.25) is 5.91 Å². The van der Waals surface area contributed by atoms with Crippen LogP contribution in [0.15, 0.2) is 41.3 Å². The van der Waals surface area contributed by atoms with E-state index in [0.717, 1.165) is 30.0 Å². The van der Waals surface area contributed by atoms with Crippen molar-refractivity contribution >= 4 is 29.0 Å². The molecule has 0 saturated carbocycles. The summed E-state index contributed by atoms with van der Waals surface area (Å²) in [4.78, 5) is 11.9. The summed E-state index contributed by atoms with van der Waals surface area (Å²) in [7, 11) is 0. The largest absolute Gasteiger partial charge is 0.397 e. The van der Waals surface area contributed by atoms with Crippen LogP contribution in [0.5, 0.6) is 0 Å². The van der Waals surface area contributed by atoms with Gasteiger partial charge < -0.3 is 11.1 Å². The summed E-state index contributed by atoms with van der Waals surface area (Å²) in [5, 5.41) is 2.49. The average Bonchev–Trinajstić information content (AvgIpc) is 2.41. The molecule has 0 radical (unpaired) electrons. The third-order valence-corrected chi connectivity index (χ3v) is 3.59. The lowest BCUT2D eigenvalue weighted by atomic mass is 10.2. The van der Waals surface area contributed by atoms with Crippen LogP contribution in [0.2, 0.25) is 0 Å². The molecule has 3 nitrogen and oxygen atoms in total. The van der Waals surface area contributed by atoms with Gasteiger partial charge in [0, 0.05) is 11.0 Å². The van der Waals surface area contributed by atoms with Crippen LogP contribution in [0, 0.1) is 17.5 Å². The molecule has 2 aromatic carbocycles. The molecule has 0 fully saturated rings. The highest BCUT2D eigenvalue weighted by molar-refractivity contribution is 8.00. The molecule has 2 rings (SSSR count). The minimum absolute atomic E-state index is 0.0840. The second kappa shape index (κ2) is 6.53. The summed E-state index contributed by atoms with van der Waals surface area (Å²) in [6.07, 6.45) is 0. The first kappa shape index (κ1) is 15.2. The molecule has 1 amide bonds. The molecule has 0 saturated heterocycles. The normalized spacial score (nSPS) is 10.4. The Morgan fingerprint density at radius 2 is 1.76 bits per heavy atom. The molecule has 0 heterocycles. The zero-order valence-electron chi connectivity index (χ0n) is 10.7. The van der Waals surface area contributed by atoms with E-state index >= 15 is 0 Å². The van der Waals surface area contributed by atoms with Gasteiger partial charge in [-0.1, -0.05) is 0 Å². The van der Waals surface area contributed by atoms with Crippen LogP contribution in [0.3, 0.4) is 0 Å². The molecule has 0 aromatic heterocycles. The zero-order valence-corrected chi connectivity index (χ0v) is 11.5. The summed E-state index contributed by atoms with van der Waals surface area (Å²) >= 11 is 0.924. The zero-order chi connectivity index (χ0) is 15.4. The van der Waals surface area contributed by atoms with E-state index in [1.165, 1.54) is 18.2 Å². The van der Waals surface area contributed by atoms with Gasteiger partial charge in [0.25, 0.3) is 0 Å². The van der Waals surface area contributed by atoms with Crippen molar-refractivity contribution in [3.05, 3.63) is 53.8 Å². The van der Waals surface area contributed by atoms with Crippen molar-refractivity contribution < 1.29 is 18.0 Å². The van der Waals surface area contributed by atoms with Gasteiger partial charge in [-0.15, -0.1) is 11.8 Å². The number of nitrogen functional groups attached to an aromatic ring is 1. The molecule has 0 bridgehead atoms. The monoisotopic (exact) mass is 312 g/mol. The van der Waals surface area contributed by atoms with Gasteiger partial charge in [-0.25, -0.2) is 13.2 Å². The Kier molecular flexibility index (Phi) is 4.74. The number of hydrogen-bond acceptors (Lipinski definition) is 3. The van der Waals surface area contributed by atoms with E-state index in [0.29, 0.717) is 0 Å². The Morgan fingerprint density at radius 1 is 1.10 bits per heavy atom. The van der Waals surface area contributed by atoms with Gasteiger partial charge in [-0.3, -0.25) is 4.79 Å². The minimum atomic E-state index is -0.728. The fourth-order valence-electron chi connectivity index (χ4n) is 1.57. The molecule has 0 spiro atoms. The van der Waals surface area contributed by atoms with Crippen LogP contribution in [-0.2, 0) is 4.79 Å². The summed E-state index contributed by atoms with van der Waals surface area (Å²) in [5.41, 5.74) is 5.93. The highest BCUT2D eigenvalue weighted by atomic mass is 32.2. The van der Waals surface area contributed by atoms with E-state index in [9.17, 15) is 18.0 Å². The summed E-state index contributed by atoms with van der Waals surface area (Å²) in [6, 6.07) is 6.71. The predicted molar refractivity (Wildman–Crippen MR) is 76.5 cm³/mol. The highest BCUT2D eigenvalue weighted by Gasteiger charge is 2.09. The number of carbonyl (C=O) groups is 1. The Morgan fingerprint density at radius 3 is 2.43 bits per heavy atom. The Hall–Kier alpha value is -2.15. The van der Waals surface area contributed by atoms with Crippen molar-refractivity contribution in [1.82, 2.24) is 0 Å². The standard InChI is InChI=1S/C14H11F3N2OS/c15-8-2-4-13(10(17)5-8)21-7-14(20)19-12-3-1-9(16)6-11(12)18/h1-6H,7,18H2,(H,19,20). The number of carbonyl (C=O) groups excluding carboxylic acids is 1. The van der Waals surface area contributed by atoms with Crippen LogP contribution < -0.4 is 11.1 Å². The second-order valence-corrected chi connectivity index (χ2v) is 5.16. The fraction of sp³-hybridized carbons (Fsp3) is 0.0714. The number of hydrogen-bond donors (Lipinski definition) is 2. The number of anilines is 2. The summed E-state index contributed by atoms with van der Waals surface area (Å²) in [5.74, 6) is -2.43. The molecule has 0 unspecified atom stereocenters. The van der Waals surface area contributed by atoms with Gasteiger partial charge in [-0.2, -0.15) is 0 Å². The van der Waals surface area contributed by atoms with E-state index in [1.807, 2.05) is 0 Å². The first-order chi connectivity index (χ1) is 9.95. The molecule has 0 aliphatic heterocycles. The van der Waals surface area contributed by atoms with Crippen LogP contribution in [-0.4, -0.2) is 11.7 Å². The highest BCUT2D eigenvalue weighted by Crippen LogP contribution is 2.23. The first-order valence-electron chi connectivity index (χ1n) is 5.88. The van der Waals surface area contributed by atoms with E-state index in [-0.39, 0.29) is 22.0 Å². The van der Waals surface area contributed by atoms with Crippen LogP contribution >= 0.6 is 11.8 Å². The Balaban J connectivity index is 1.96. The number of thioether (sulfide) groups is 1. The third-order valence-electron chi connectivity index (χ3n) is 2.54. The molecule has 2 aromatic rings. The van der Waals surface area contributed by atoms with Crippen molar-refractivity contribution in [2.75, 3.05) is 16.8 Å². The molecular formula is C14H11F3N2OS. The molecular weight excluding hydrogens is 301 g/mol. The number of nitrogens with two attached hydrogens (primary N) is 1. The van der Waals surface area contributed by atoms with Gasteiger partial charge >= 0.3 is 0 Å². The van der Waals surface area contributed by atoms with Gasteiger partial charge in [-0.05, 0) is 30.3 Å². The maximum Gasteiger partial charge on any atom is 0.234 e. The van der Waals surface area contributed by atoms with Crippen LogP contribution in [0.1, 0.15) is 0 Å². The minimum Gasteiger partial charge on any atom is -0.397 e. The molecule has 0 aliphatic rings.